The highest BCUT2D eigenvalue weighted by Gasteiger charge is 2.03. The van der Waals surface area contributed by atoms with Crippen molar-refractivity contribution in [1.82, 2.24) is 15.6 Å². The molecule has 0 fully saturated rings. The second kappa shape index (κ2) is 7.79. The van der Waals surface area contributed by atoms with Crippen molar-refractivity contribution < 1.29 is 4.79 Å². The molecule has 2 N–H and O–H groups in total. The quantitative estimate of drug-likeness (QED) is 0.745. The number of amides is 1. The summed E-state index contributed by atoms with van der Waals surface area (Å²) in [4.78, 5) is 15.5. The molecule has 1 aromatic rings. The summed E-state index contributed by atoms with van der Waals surface area (Å²) < 4.78 is 0. The van der Waals surface area contributed by atoms with Crippen molar-refractivity contribution in [3.63, 3.8) is 0 Å². The number of aromatic nitrogens is 1. The monoisotopic (exact) mass is 235 g/mol. The zero-order valence-corrected chi connectivity index (χ0v) is 10.6. The van der Waals surface area contributed by atoms with Crippen molar-refractivity contribution in [3.05, 3.63) is 30.1 Å². The third-order valence-electron chi connectivity index (χ3n) is 2.68. The molecule has 0 aliphatic carbocycles. The highest BCUT2D eigenvalue weighted by atomic mass is 16.1. The van der Waals surface area contributed by atoms with Gasteiger partial charge in [-0.15, -0.1) is 0 Å². The van der Waals surface area contributed by atoms with Crippen molar-refractivity contribution in [2.24, 2.45) is 0 Å². The predicted molar refractivity (Wildman–Crippen MR) is 68.7 cm³/mol. The molecule has 1 aromatic heterocycles. The van der Waals surface area contributed by atoms with Gasteiger partial charge in [-0.05, 0) is 31.4 Å². The molecular formula is C13H21N3O. The molecule has 0 spiro atoms. The van der Waals surface area contributed by atoms with Gasteiger partial charge in [0.2, 0.25) is 5.91 Å². The lowest BCUT2D eigenvalue weighted by atomic mass is 10.2. The Morgan fingerprint density at radius 1 is 1.53 bits per heavy atom. The minimum Gasteiger partial charge on any atom is -0.355 e. The van der Waals surface area contributed by atoms with Gasteiger partial charge in [0.05, 0.1) is 6.54 Å². The lowest BCUT2D eigenvalue weighted by Crippen LogP contribution is -2.38. The Bertz CT molecular complexity index is 327. The van der Waals surface area contributed by atoms with Crippen LogP contribution in [0.5, 0.6) is 0 Å². The molecule has 4 heteroatoms. The predicted octanol–water partition coefficient (Wildman–Crippen LogP) is 1.13. The van der Waals surface area contributed by atoms with Gasteiger partial charge in [0, 0.05) is 25.0 Å². The van der Waals surface area contributed by atoms with Crippen LogP contribution in [0.1, 0.15) is 25.8 Å². The fourth-order valence-corrected chi connectivity index (χ4v) is 1.37. The number of hydrogen-bond donors (Lipinski definition) is 2. The molecule has 4 nitrogen and oxygen atoms in total. The molecule has 0 aliphatic heterocycles. The Morgan fingerprint density at radius 2 is 2.35 bits per heavy atom. The highest BCUT2D eigenvalue weighted by molar-refractivity contribution is 5.77. The number of rotatable bonds is 7. The summed E-state index contributed by atoms with van der Waals surface area (Å²) in [6, 6.07) is 4.30. The van der Waals surface area contributed by atoms with Crippen LogP contribution in [0.2, 0.25) is 0 Å². The van der Waals surface area contributed by atoms with Gasteiger partial charge in [0.15, 0.2) is 0 Å². The van der Waals surface area contributed by atoms with E-state index in [0.29, 0.717) is 19.1 Å². The Kier molecular flexibility index (Phi) is 6.25. The van der Waals surface area contributed by atoms with Crippen LogP contribution in [-0.4, -0.2) is 30.0 Å². The zero-order chi connectivity index (χ0) is 12.5. The van der Waals surface area contributed by atoms with Gasteiger partial charge in [0.1, 0.15) is 0 Å². The fourth-order valence-electron chi connectivity index (χ4n) is 1.37. The normalized spacial score (nSPS) is 12.1. The summed E-state index contributed by atoms with van der Waals surface area (Å²) in [5, 5.41) is 6.04. The summed E-state index contributed by atoms with van der Waals surface area (Å²) in [6.07, 6.45) is 5.42. The molecule has 1 unspecified atom stereocenters. The van der Waals surface area contributed by atoms with Crippen LogP contribution in [0.3, 0.4) is 0 Å². The first-order chi connectivity index (χ1) is 8.22. The number of nitrogens with one attached hydrogen (secondary N) is 2. The zero-order valence-electron chi connectivity index (χ0n) is 10.6. The van der Waals surface area contributed by atoms with Gasteiger partial charge in [-0.3, -0.25) is 9.78 Å². The molecule has 1 amide bonds. The summed E-state index contributed by atoms with van der Waals surface area (Å²) in [5.41, 5.74) is 1.14. The van der Waals surface area contributed by atoms with Gasteiger partial charge in [-0.25, -0.2) is 0 Å². The number of pyridine rings is 1. The largest absolute Gasteiger partial charge is 0.355 e. The minimum absolute atomic E-state index is 0.0502. The van der Waals surface area contributed by atoms with Crippen LogP contribution >= 0.6 is 0 Å². The highest BCUT2D eigenvalue weighted by Crippen LogP contribution is 1.95. The maximum atomic E-state index is 11.5. The van der Waals surface area contributed by atoms with E-state index in [4.69, 9.17) is 0 Å². The summed E-state index contributed by atoms with van der Waals surface area (Å²) in [7, 11) is 0. The average Bonchev–Trinajstić information content (AvgIpc) is 2.37. The van der Waals surface area contributed by atoms with Crippen LogP contribution < -0.4 is 10.6 Å². The van der Waals surface area contributed by atoms with Crippen LogP contribution in [0.25, 0.3) is 0 Å². The van der Waals surface area contributed by atoms with Gasteiger partial charge in [-0.1, -0.05) is 13.0 Å². The van der Waals surface area contributed by atoms with E-state index in [-0.39, 0.29) is 5.91 Å². The van der Waals surface area contributed by atoms with Crippen LogP contribution in [0.15, 0.2) is 24.5 Å². The number of carbonyl (C=O) groups is 1. The molecule has 0 bridgehead atoms. The molecule has 17 heavy (non-hydrogen) atoms. The molecule has 0 saturated heterocycles. The Balaban J connectivity index is 2.12. The van der Waals surface area contributed by atoms with E-state index in [1.54, 1.807) is 6.20 Å². The van der Waals surface area contributed by atoms with E-state index in [1.807, 2.05) is 18.3 Å². The molecule has 1 atom stereocenters. The van der Waals surface area contributed by atoms with E-state index in [2.05, 4.69) is 29.5 Å². The van der Waals surface area contributed by atoms with Gasteiger partial charge in [0.25, 0.3) is 0 Å². The molecule has 1 rings (SSSR count). The Morgan fingerprint density at radius 3 is 3.00 bits per heavy atom. The smallest absolute Gasteiger partial charge is 0.233 e. The van der Waals surface area contributed by atoms with Gasteiger partial charge < -0.3 is 10.6 Å². The maximum Gasteiger partial charge on any atom is 0.233 e. The lowest BCUT2D eigenvalue weighted by Gasteiger charge is -2.11. The maximum absolute atomic E-state index is 11.5. The summed E-state index contributed by atoms with van der Waals surface area (Å²) in [6.45, 7) is 5.22. The topological polar surface area (TPSA) is 54.0 Å². The summed E-state index contributed by atoms with van der Waals surface area (Å²) >= 11 is 0. The molecule has 0 aromatic carbocycles. The van der Waals surface area contributed by atoms with Gasteiger partial charge in [-0.2, -0.15) is 0 Å². The third kappa shape index (κ3) is 6.02. The summed E-state index contributed by atoms with van der Waals surface area (Å²) in [5.74, 6) is 0.0502. The fraction of sp³-hybridized carbons (Fsp3) is 0.538. The van der Waals surface area contributed by atoms with E-state index in [1.165, 1.54) is 0 Å². The molecule has 94 valence electrons. The molecule has 1 heterocycles. The number of nitrogens with zero attached hydrogens (tertiary/aromatic N) is 1. The standard InChI is InChI=1S/C13H21N3O/c1-3-11(2)16-10-13(17)15-8-6-12-5-4-7-14-9-12/h4-5,7,9,11,16H,3,6,8,10H2,1-2H3,(H,15,17). The third-order valence-corrected chi connectivity index (χ3v) is 2.68. The SMILES string of the molecule is CCC(C)NCC(=O)NCCc1cccnc1. The van der Waals surface area contributed by atoms with Crippen LogP contribution in [-0.2, 0) is 11.2 Å². The van der Waals surface area contributed by atoms with E-state index >= 15 is 0 Å². The van der Waals surface area contributed by atoms with Crippen molar-refractivity contribution in [1.29, 1.82) is 0 Å². The Hall–Kier alpha value is -1.42. The first-order valence-electron chi connectivity index (χ1n) is 6.11. The Labute approximate surface area is 103 Å². The molecule has 0 aliphatic rings. The van der Waals surface area contributed by atoms with Crippen LogP contribution in [0.4, 0.5) is 0 Å². The minimum atomic E-state index is 0.0502. The molecule has 0 saturated carbocycles. The average molecular weight is 235 g/mol. The van der Waals surface area contributed by atoms with Crippen molar-refractivity contribution >= 4 is 5.91 Å². The molecule has 0 radical (unpaired) electrons. The second-order valence-corrected chi connectivity index (χ2v) is 4.15. The second-order valence-electron chi connectivity index (χ2n) is 4.15. The van der Waals surface area contributed by atoms with Crippen molar-refractivity contribution in [2.75, 3.05) is 13.1 Å². The number of hydrogen-bond acceptors (Lipinski definition) is 3. The van der Waals surface area contributed by atoms with Crippen LogP contribution in [0, 0.1) is 0 Å². The van der Waals surface area contributed by atoms with E-state index in [9.17, 15) is 4.79 Å². The van der Waals surface area contributed by atoms with E-state index in [0.717, 1.165) is 18.4 Å². The molecular weight excluding hydrogens is 214 g/mol. The lowest BCUT2D eigenvalue weighted by molar-refractivity contribution is -0.120. The van der Waals surface area contributed by atoms with Crippen molar-refractivity contribution in [2.45, 2.75) is 32.7 Å². The van der Waals surface area contributed by atoms with Gasteiger partial charge >= 0.3 is 0 Å². The first kappa shape index (κ1) is 13.6. The first-order valence-corrected chi connectivity index (χ1v) is 6.11. The number of carbonyl (C=O) groups excluding carboxylic acids is 1. The van der Waals surface area contributed by atoms with Crippen molar-refractivity contribution in [3.8, 4) is 0 Å². The van der Waals surface area contributed by atoms with E-state index < -0.39 is 0 Å².